The van der Waals surface area contributed by atoms with Crippen LogP contribution in [0.5, 0.6) is 5.75 Å². The Bertz CT molecular complexity index is 1850. The van der Waals surface area contributed by atoms with Crippen LogP contribution >= 0.6 is 0 Å². The lowest BCUT2D eigenvalue weighted by Crippen LogP contribution is -2.65. The van der Waals surface area contributed by atoms with Crippen LogP contribution in [0, 0.1) is 17.7 Å². The minimum atomic E-state index is -2.68. The molecular formula is C35H34FN3O7. The van der Waals surface area contributed by atoms with Crippen molar-refractivity contribution >= 4 is 23.2 Å². The molecule has 0 unspecified atom stereocenters. The zero-order valence-electron chi connectivity index (χ0n) is 25.3. The number of carbonyl (C=O) groups excluding carboxylic acids is 3. The third-order valence-corrected chi connectivity index (χ3v) is 9.42. The summed E-state index contributed by atoms with van der Waals surface area (Å²) < 4.78 is 13.5. The number of aliphatic hydroxyl groups is 3. The zero-order chi connectivity index (χ0) is 33.1. The number of aliphatic hydroxyl groups excluding tert-OH is 2. The monoisotopic (exact) mass is 627 g/mol. The molecule has 1 amide bonds. The molecule has 46 heavy (non-hydrogen) atoms. The first kappa shape index (κ1) is 31.2. The summed E-state index contributed by atoms with van der Waals surface area (Å²) in [5, 5.41) is 48.4. The van der Waals surface area contributed by atoms with Crippen LogP contribution in [0.2, 0.25) is 0 Å². The van der Waals surface area contributed by atoms with Gasteiger partial charge in [-0.05, 0) is 78.9 Å². The van der Waals surface area contributed by atoms with Gasteiger partial charge in [0.1, 0.15) is 28.7 Å². The van der Waals surface area contributed by atoms with Gasteiger partial charge in [-0.1, -0.05) is 42.5 Å². The Kier molecular flexibility index (Phi) is 7.79. The van der Waals surface area contributed by atoms with Gasteiger partial charge < -0.3 is 31.5 Å². The first-order valence-corrected chi connectivity index (χ1v) is 14.9. The number of hydrogen-bond donors (Lipinski definition) is 6. The van der Waals surface area contributed by atoms with E-state index in [1.54, 1.807) is 26.2 Å². The molecule has 0 bridgehead atoms. The van der Waals surface area contributed by atoms with E-state index in [2.05, 4.69) is 5.32 Å². The van der Waals surface area contributed by atoms with Crippen molar-refractivity contribution in [1.29, 1.82) is 0 Å². The van der Waals surface area contributed by atoms with E-state index in [0.29, 0.717) is 24.2 Å². The maximum Gasteiger partial charge on any atom is 0.255 e. The fourth-order valence-electron chi connectivity index (χ4n) is 7.31. The highest BCUT2D eigenvalue weighted by atomic mass is 19.1. The average Bonchev–Trinajstić information content (AvgIpc) is 2.99. The number of nitrogens with two attached hydrogens (primary N) is 1. The van der Waals surface area contributed by atoms with Gasteiger partial charge in [0.2, 0.25) is 5.78 Å². The van der Waals surface area contributed by atoms with Crippen LogP contribution in [0.3, 0.4) is 0 Å². The number of ketones is 2. The SMILES string of the molecule is CN(C)[C@H]1C(=O)C(C(N)=O)=C(O)[C@@]2(O)C(=O)C3=C(O)c4c(O)ccc(-c5ccc(CNCc6cccc(F)c6)cc5)c4C[C@@H]3C[C@@H]12. The molecule has 3 aliphatic rings. The van der Waals surface area contributed by atoms with Crippen LogP contribution < -0.4 is 11.1 Å². The number of nitrogens with zero attached hydrogens (tertiary/aromatic N) is 1. The van der Waals surface area contributed by atoms with Crippen molar-refractivity contribution in [1.82, 2.24) is 10.2 Å². The van der Waals surface area contributed by atoms with E-state index in [0.717, 1.165) is 16.7 Å². The van der Waals surface area contributed by atoms with Gasteiger partial charge in [-0.15, -0.1) is 0 Å². The van der Waals surface area contributed by atoms with Crippen molar-refractivity contribution in [2.24, 2.45) is 17.6 Å². The van der Waals surface area contributed by atoms with Crippen LogP contribution in [0.25, 0.3) is 16.9 Å². The topological polar surface area (TPSA) is 173 Å². The molecule has 3 aliphatic carbocycles. The smallest absolute Gasteiger partial charge is 0.255 e. The van der Waals surface area contributed by atoms with Gasteiger partial charge in [0, 0.05) is 24.6 Å². The summed E-state index contributed by atoms with van der Waals surface area (Å²) in [6.07, 6.45) is 0.200. The van der Waals surface area contributed by atoms with E-state index in [1.807, 2.05) is 30.3 Å². The molecule has 7 N–H and O–H groups in total. The lowest BCUT2D eigenvalue weighted by molar-refractivity contribution is -0.153. The number of Topliss-reactive ketones (excluding diaryl/α,β-unsaturated/α-hetero) is 2. The van der Waals surface area contributed by atoms with E-state index in [1.165, 1.54) is 23.1 Å². The Labute approximate surface area is 264 Å². The summed E-state index contributed by atoms with van der Waals surface area (Å²) in [7, 11) is 3.12. The first-order chi connectivity index (χ1) is 21.8. The van der Waals surface area contributed by atoms with Gasteiger partial charge in [-0.2, -0.15) is 0 Å². The number of phenolic OH excluding ortho intramolecular Hbond substituents is 1. The molecule has 0 saturated heterocycles. The van der Waals surface area contributed by atoms with Crippen molar-refractivity contribution < 1.29 is 39.2 Å². The van der Waals surface area contributed by atoms with E-state index >= 15 is 0 Å². The second-order valence-electron chi connectivity index (χ2n) is 12.4. The predicted molar refractivity (Wildman–Crippen MR) is 167 cm³/mol. The van der Waals surface area contributed by atoms with Gasteiger partial charge >= 0.3 is 0 Å². The molecular weight excluding hydrogens is 593 g/mol. The Balaban J connectivity index is 1.35. The number of rotatable bonds is 7. The summed E-state index contributed by atoms with van der Waals surface area (Å²) >= 11 is 0. The number of primary amides is 1. The molecule has 11 heteroatoms. The molecule has 3 aromatic rings. The fourth-order valence-corrected chi connectivity index (χ4v) is 7.31. The number of amides is 1. The summed E-state index contributed by atoms with van der Waals surface area (Å²) in [5.74, 6) is -7.16. The molecule has 0 aliphatic heterocycles. The number of likely N-dealkylation sites (N-methyl/N-ethyl adjacent to an activating group) is 1. The highest BCUT2D eigenvalue weighted by molar-refractivity contribution is 6.24. The predicted octanol–water partition coefficient (Wildman–Crippen LogP) is 3.06. The zero-order valence-corrected chi connectivity index (χ0v) is 25.3. The van der Waals surface area contributed by atoms with E-state index < -0.39 is 58.0 Å². The van der Waals surface area contributed by atoms with Crippen LogP contribution in [0.1, 0.15) is 28.7 Å². The molecule has 238 valence electrons. The molecule has 0 radical (unpaired) electrons. The second kappa shape index (κ2) is 11.5. The molecule has 0 aromatic heterocycles. The maximum absolute atomic E-state index is 14.0. The number of hydrogen-bond acceptors (Lipinski definition) is 9. The summed E-state index contributed by atoms with van der Waals surface area (Å²) in [6.45, 7) is 1.03. The second-order valence-corrected chi connectivity index (χ2v) is 12.4. The number of aromatic hydroxyl groups is 1. The number of phenols is 1. The molecule has 0 heterocycles. The van der Waals surface area contributed by atoms with Gasteiger partial charge in [-0.3, -0.25) is 19.3 Å². The van der Waals surface area contributed by atoms with Crippen molar-refractivity contribution in [3.8, 4) is 16.9 Å². The number of fused-ring (bicyclic) bond motifs is 3. The third kappa shape index (κ3) is 4.87. The van der Waals surface area contributed by atoms with Crippen molar-refractivity contribution in [3.63, 3.8) is 0 Å². The van der Waals surface area contributed by atoms with E-state index in [-0.39, 0.29) is 35.5 Å². The number of carbonyl (C=O) groups is 3. The first-order valence-electron chi connectivity index (χ1n) is 14.9. The molecule has 0 spiro atoms. The highest BCUT2D eigenvalue weighted by Gasteiger charge is 2.64. The highest BCUT2D eigenvalue weighted by Crippen LogP contribution is 2.53. The molecule has 1 saturated carbocycles. The quantitative estimate of drug-likeness (QED) is 0.215. The van der Waals surface area contributed by atoms with E-state index in [9.17, 15) is 39.2 Å². The van der Waals surface area contributed by atoms with Gasteiger partial charge in [0.15, 0.2) is 11.4 Å². The number of nitrogens with one attached hydrogen (secondary N) is 1. The molecule has 3 aromatic carbocycles. The van der Waals surface area contributed by atoms with Gasteiger partial charge in [0.25, 0.3) is 5.91 Å². The lowest BCUT2D eigenvalue weighted by atomic mass is 9.57. The summed E-state index contributed by atoms with van der Waals surface area (Å²) in [5.41, 5.74) is 5.60. The van der Waals surface area contributed by atoms with Crippen LogP contribution in [-0.4, -0.2) is 68.5 Å². The molecule has 10 nitrogen and oxygen atoms in total. The molecule has 6 rings (SSSR count). The van der Waals surface area contributed by atoms with E-state index in [4.69, 9.17) is 5.73 Å². The lowest BCUT2D eigenvalue weighted by Gasteiger charge is -2.50. The third-order valence-electron chi connectivity index (χ3n) is 9.42. The minimum Gasteiger partial charge on any atom is -0.508 e. The van der Waals surface area contributed by atoms with Gasteiger partial charge in [-0.25, -0.2) is 4.39 Å². The maximum atomic E-state index is 14.0. The standard InChI is InChI=1S/C35H34FN3O7/c1-39(2)29-24-14-20-13-23-22(19-8-6-17(7-9-19)15-38-16-18-4-3-5-21(36)12-18)10-11-25(40)27(23)30(41)26(20)32(43)35(24,46)33(44)28(31(29)42)34(37)45/h3-12,20,24,29,38,40-41,44,46H,13-16H2,1-2H3,(H2,37,45)/t20-,24+,29-,35+/m1/s1. The van der Waals surface area contributed by atoms with Crippen LogP contribution in [-0.2, 0) is 33.9 Å². The Hall–Kier alpha value is -4.84. The summed E-state index contributed by atoms with van der Waals surface area (Å²) in [4.78, 5) is 41.0. The minimum absolute atomic E-state index is 0.0107. The Morgan fingerprint density at radius 2 is 1.72 bits per heavy atom. The summed E-state index contributed by atoms with van der Waals surface area (Å²) in [6, 6.07) is 16.0. The fraction of sp³-hybridized carbons (Fsp3) is 0.286. The van der Waals surface area contributed by atoms with Crippen molar-refractivity contribution in [2.45, 2.75) is 37.6 Å². The van der Waals surface area contributed by atoms with Crippen molar-refractivity contribution in [2.75, 3.05) is 14.1 Å². The van der Waals surface area contributed by atoms with Crippen LogP contribution in [0.15, 0.2) is 77.6 Å². The average molecular weight is 628 g/mol. The van der Waals surface area contributed by atoms with Crippen molar-refractivity contribution in [3.05, 3.63) is 106 Å². The molecule has 1 fully saturated rings. The largest absolute Gasteiger partial charge is 0.508 e. The number of halogens is 1. The Morgan fingerprint density at radius 3 is 2.37 bits per heavy atom. The van der Waals surface area contributed by atoms with Crippen LogP contribution in [0.4, 0.5) is 4.39 Å². The van der Waals surface area contributed by atoms with Gasteiger partial charge in [0.05, 0.1) is 11.6 Å². The normalized spacial score (nSPS) is 24.2. The Morgan fingerprint density at radius 1 is 1.02 bits per heavy atom. The molecule has 4 atom stereocenters. The number of benzene rings is 3.